The molecule has 148 valence electrons. The van der Waals surface area contributed by atoms with Gasteiger partial charge in [0.1, 0.15) is 5.75 Å². The van der Waals surface area contributed by atoms with Gasteiger partial charge in [-0.25, -0.2) is 4.79 Å². The summed E-state index contributed by atoms with van der Waals surface area (Å²) in [4.78, 5) is 25.8. The van der Waals surface area contributed by atoms with Gasteiger partial charge in [0.05, 0.1) is 12.7 Å². The molecule has 29 heavy (non-hydrogen) atoms. The number of methoxy groups -OCH3 is 1. The highest BCUT2D eigenvalue weighted by Gasteiger charge is 2.26. The molecule has 0 saturated carbocycles. The molecule has 0 spiro atoms. The van der Waals surface area contributed by atoms with Gasteiger partial charge in [0.15, 0.2) is 0 Å². The van der Waals surface area contributed by atoms with Crippen LogP contribution in [0.25, 0.3) is 0 Å². The summed E-state index contributed by atoms with van der Waals surface area (Å²) in [5.74, 6) is -0.365. The van der Waals surface area contributed by atoms with Crippen molar-refractivity contribution < 1.29 is 19.1 Å². The molecule has 3 aromatic rings. The molecular formula is C24H23NO4. The molecule has 0 bridgehead atoms. The molecule has 0 aliphatic heterocycles. The van der Waals surface area contributed by atoms with Gasteiger partial charge in [0.25, 0.3) is 5.91 Å². The van der Waals surface area contributed by atoms with Crippen LogP contribution in [0.3, 0.4) is 0 Å². The van der Waals surface area contributed by atoms with E-state index in [9.17, 15) is 9.59 Å². The third-order valence-electron chi connectivity index (χ3n) is 4.52. The second-order valence-electron chi connectivity index (χ2n) is 6.74. The van der Waals surface area contributed by atoms with Crippen molar-refractivity contribution >= 4 is 17.6 Å². The van der Waals surface area contributed by atoms with Gasteiger partial charge in [-0.3, -0.25) is 4.79 Å². The highest BCUT2D eigenvalue weighted by molar-refractivity contribution is 5.98. The molecule has 0 unspecified atom stereocenters. The number of hydrogen-bond donors (Lipinski definition) is 1. The Morgan fingerprint density at radius 3 is 2.38 bits per heavy atom. The Labute approximate surface area is 170 Å². The number of carbonyl (C=O) groups excluding carboxylic acids is 2. The van der Waals surface area contributed by atoms with Crippen molar-refractivity contribution in [2.45, 2.75) is 20.0 Å². The Kier molecular flexibility index (Phi) is 6.29. The number of rotatable bonds is 6. The molecule has 1 amide bonds. The number of ether oxygens (including phenoxy) is 2. The van der Waals surface area contributed by atoms with E-state index >= 15 is 0 Å². The molecular weight excluding hydrogens is 366 g/mol. The first-order chi connectivity index (χ1) is 14.0. The maximum absolute atomic E-state index is 13.0. The topological polar surface area (TPSA) is 64.6 Å². The van der Waals surface area contributed by atoms with Crippen LogP contribution in [0.2, 0.25) is 0 Å². The molecule has 0 heterocycles. The maximum atomic E-state index is 13.0. The zero-order valence-electron chi connectivity index (χ0n) is 16.6. The maximum Gasteiger partial charge on any atom is 0.339 e. The average molecular weight is 389 g/mol. The smallest absolute Gasteiger partial charge is 0.339 e. The van der Waals surface area contributed by atoms with Gasteiger partial charge in [-0.05, 0) is 37.6 Å². The monoisotopic (exact) mass is 389 g/mol. The van der Waals surface area contributed by atoms with Crippen LogP contribution in [-0.2, 0) is 9.53 Å². The number of hydrogen-bond acceptors (Lipinski definition) is 4. The van der Waals surface area contributed by atoms with Gasteiger partial charge in [-0.2, -0.15) is 0 Å². The first kappa shape index (κ1) is 20.1. The number of amides is 1. The molecule has 3 rings (SSSR count). The fourth-order valence-corrected chi connectivity index (χ4v) is 2.94. The number of esters is 1. The highest BCUT2D eigenvalue weighted by atomic mass is 16.5. The van der Waals surface area contributed by atoms with Crippen molar-refractivity contribution in [3.05, 3.63) is 95.1 Å². The lowest BCUT2D eigenvalue weighted by atomic mass is 10.1. The minimum atomic E-state index is -1.09. The van der Waals surface area contributed by atoms with E-state index in [0.717, 1.165) is 11.1 Å². The normalized spacial score (nSPS) is 11.4. The van der Waals surface area contributed by atoms with Crippen LogP contribution >= 0.6 is 0 Å². The first-order valence-corrected chi connectivity index (χ1v) is 9.26. The van der Waals surface area contributed by atoms with E-state index in [2.05, 4.69) is 5.32 Å². The Hall–Kier alpha value is -3.60. The summed E-state index contributed by atoms with van der Waals surface area (Å²) in [5.41, 5.74) is 3.32. The fourth-order valence-electron chi connectivity index (χ4n) is 2.94. The zero-order valence-corrected chi connectivity index (χ0v) is 16.6. The molecule has 0 saturated heterocycles. The molecule has 1 atom stereocenters. The van der Waals surface area contributed by atoms with E-state index in [1.165, 1.54) is 0 Å². The van der Waals surface area contributed by atoms with Crippen molar-refractivity contribution in [1.82, 2.24) is 0 Å². The van der Waals surface area contributed by atoms with Crippen molar-refractivity contribution in [2.75, 3.05) is 12.4 Å². The Balaban J connectivity index is 1.87. The highest BCUT2D eigenvalue weighted by Crippen LogP contribution is 2.24. The van der Waals surface area contributed by atoms with Crippen LogP contribution in [0.15, 0.2) is 72.8 Å². The van der Waals surface area contributed by atoms with Gasteiger partial charge in [0.2, 0.25) is 6.10 Å². The molecule has 0 aromatic heterocycles. The summed E-state index contributed by atoms with van der Waals surface area (Å²) in [5, 5.41) is 2.80. The average Bonchev–Trinajstić information content (AvgIpc) is 2.74. The minimum Gasteiger partial charge on any atom is -0.497 e. The number of carbonyl (C=O) groups is 2. The summed E-state index contributed by atoms with van der Waals surface area (Å²) in [7, 11) is 1.56. The largest absolute Gasteiger partial charge is 0.497 e. The minimum absolute atomic E-state index is 0.442. The number of aryl methyl sites for hydroxylation is 2. The van der Waals surface area contributed by atoms with E-state index in [4.69, 9.17) is 9.47 Å². The summed E-state index contributed by atoms with van der Waals surface area (Å²) in [6.45, 7) is 3.74. The van der Waals surface area contributed by atoms with Crippen LogP contribution in [-0.4, -0.2) is 19.0 Å². The quantitative estimate of drug-likeness (QED) is 0.612. The van der Waals surface area contributed by atoms with Crippen LogP contribution < -0.4 is 10.1 Å². The van der Waals surface area contributed by atoms with Crippen LogP contribution in [0.1, 0.15) is 33.2 Å². The van der Waals surface area contributed by atoms with Gasteiger partial charge in [-0.1, -0.05) is 54.1 Å². The third-order valence-corrected chi connectivity index (χ3v) is 4.52. The van der Waals surface area contributed by atoms with E-state index in [0.29, 0.717) is 22.6 Å². The summed E-state index contributed by atoms with van der Waals surface area (Å²) < 4.78 is 10.9. The predicted molar refractivity (Wildman–Crippen MR) is 112 cm³/mol. The molecule has 0 radical (unpaired) electrons. The second-order valence-corrected chi connectivity index (χ2v) is 6.74. The number of nitrogens with one attached hydrogen (secondary N) is 1. The lowest BCUT2D eigenvalue weighted by Gasteiger charge is -2.19. The Morgan fingerprint density at radius 2 is 1.66 bits per heavy atom. The number of anilines is 1. The lowest BCUT2D eigenvalue weighted by molar-refractivity contribution is -0.125. The second kappa shape index (κ2) is 9.06. The fraction of sp³-hybridized carbons (Fsp3) is 0.167. The first-order valence-electron chi connectivity index (χ1n) is 9.26. The molecule has 3 aromatic carbocycles. The van der Waals surface area contributed by atoms with E-state index in [1.807, 2.05) is 32.0 Å². The van der Waals surface area contributed by atoms with Crippen molar-refractivity contribution in [1.29, 1.82) is 0 Å². The van der Waals surface area contributed by atoms with Crippen molar-refractivity contribution in [3.63, 3.8) is 0 Å². The van der Waals surface area contributed by atoms with E-state index < -0.39 is 18.0 Å². The van der Waals surface area contributed by atoms with Gasteiger partial charge in [0, 0.05) is 17.3 Å². The third kappa shape index (κ3) is 5.02. The number of benzene rings is 3. The molecule has 1 N–H and O–H groups in total. The summed E-state index contributed by atoms with van der Waals surface area (Å²) >= 11 is 0. The van der Waals surface area contributed by atoms with Gasteiger partial charge < -0.3 is 14.8 Å². The molecule has 0 fully saturated rings. The Morgan fingerprint density at radius 1 is 0.897 bits per heavy atom. The lowest BCUT2D eigenvalue weighted by Crippen LogP contribution is -2.26. The van der Waals surface area contributed by atoms with Crippen LogP contribution in [0.5, 0.6) is 5.75 Å². The van der Waals surface area contributed by atoms with E-state index in [-0.39, 0.29) is 0 Å². The molecule has 5 nitrogen and oxygen atoms in total. The molecule has 0 aliphatic rings. The predicted octanol–water partition coefficient (Wildman–Crippen LogP) is 4.85. The van der Waals surface area contributed by atoms with Crippen molar-refractivity contribution in [2.24, 2.45) is 0 Å². The summed E-state index contributed by atoms with van der Waals surface area (Å²) in [6, 6.07) is 21.5. The molecule has 0 aliphatic carbocycles. The zero-order chi connectivity index (χ0) is 20.8. The molecule has 5 heteroatoms. The van der Waals surface area contributed by atoms with E-state index in [1.54, 1.807) is 61.7 Å². The van der Waals surface area contributed by atoms with Crippen LogP contribution in [0.4, 0.5) is 5.69 Å². The summed E-state index contributed by atoms with van der Waals surface area (Å²) in [6.07, 6.45) is -1.09. The van der Waals surface area contributed by atoms with Gasteiger partial charge >= 0.3 is 5.97 Å². The standard InChI is InChI=1S/C24H23NO4/c1-16-12-13-17(2)21(14-16)24(27)29-22(18-8-5-4-6-9-18)23(26)25-19-10-7-11-20(15-19)28-3/h4-15,22H,1-3H3,(H,25,26)/t22-/m0/s1. The van der Waals surface area contributed by atoms with Crippen molar-refractivity contribution in [3.8, 4) is 5.75 Å². The Bertz CT molecular complexity index is 1010. The SMILES string of the molecule is COc1cccc(NC(=O)[C@@H](OC(=O)c2cc(C)ccc2C)c2ccccc2)c1. The van der Waals surface area contributed by atoms with Gasteiger partial charge in [-0.15, -0.1) is 0 Å². The van der Waals surface area contributed by atoms with Crippen LogP contribution in [0, 0.1) is 13.8 Å².